The Balaban J connectivity index is 1.54. The van der Waals surface area contributed by atoms with Gasteiger partial charge < -0.3 is 37.4 Å². The van der Waals surface area contributed by atoms with Gasteiger partial charge in [-0.2, -0.15) is 0 Å². The topological polar surface area (TPSA) is 251 Å². The van der Waals surface area contributed by atoms with Crippen LogP contribution in [0, 0.1) is 0 Å². The first-order valence-corrected chi connectivity index (χ1v) is 16.8. The number of hydrogen-bond acceptors (Lipinski definition) is 8. The number of hydrogen-bond donors (Lipinski definition) is 6. The Hall–Kier alpha value is -5.80. The van der Waals surface area contributed by atoms with E-state index in [1.54, 1.807) is 0 Å². The maximum atomic E-state index is 14.0. The number of nitrogens with zero attached hydrogens (tertiary/aromatic N) is 2. The van der Waals surface area contributed by atoms with Gasteiger partial charge in [-0.1, -0.05) is 42.5 Å². The summed E-state index contributed by atoms with van der Waals surface area (Å²) in [6.07, 6.45) is 3.01. The number of imide groups is 1. The molecule has 16 heteroatoms. The molecular formula is C35H43N7O9. The molecule has 2 aliphatic rings. The number of carboxylic acid groups (broad SMARTS) is 1. The number of aliphatic carboxylic acids is 1. The number of likely N-dealkylation sites (tertiary alicyclic amines) is 1. The summed E-state index contributed by atoms with van der Waals surface area (Å²) in [7, 11) is 0. The highest BCUT2D eigenvalue weighted by Gasteiger charge is 2.38. The molecule has 2 aliphatic heterocycles. The summed E-state index contributed by atoms with van der Waals surface area (Å²) in [5.41, 5.74) is 11.4. The number of primary amides is 2. The fourth-order valence-electron chi connectivity index (χ4n) is 6.36. The van der Waals surface area contributed by atoms with E-state index >= 15 is 0 Å². The van der Waals surface area contributed by atoms with Crippen LogP contribution >= 0.6 is 0 Å². The number of nitrogens with one attached hydrogen (secondary N) is 3. The van der Waals surface area contributed by atoms with Crippen molar-refractivity contribution in [1.29, 1.82) is 0 Å². The lowest BCUT2D eigenvalue weighted by Gasteiger charge is -2.37. The molecule has 3 unspecified atom stereocenters. The number of piperidine rings is 1. The van der Waals surface area contributed by atoms with E-state index in [1.807, 2.05) is 42.5 Å². The first-order chi connectivity index (χ1) is 24.3. The van der Waals surface area contributed by atoms with Gasteiger partial charge in [0.15, 0.2) is 0 Å². The Labute approximate surface area is 293 Å². The number of nitrogens with two attached hydrogens (primary N) is 2. The Morgan fingerprint density at radius 3 is 2.25 bits per heavy atom. The third-order valence-corrected chi connectivity index (χ3v) is 8.95. The molecule has 16 nitrogen and oxygen atoms in total. The molecule has 1 fully saturated rings. The summed E-state index contributed by atoms with van der Waals surface area (Å²) in [5, 5.41) is 18.9. The largest absolute Gasteiger partial charge is 0.481 e. The van der Waals surface area contributed by atoms with Crippen LogP contribution in [0.4, 0.5) is 4.79 Å². The number of rotatable bonds is 17. The van der Waals surface area contributed by atoms with E-state index in [0.717, 1.165) is 27.8 Å². The highest BCUT2D eigenvalue weighted by atomic mass is 16.4. The van der Waals surface area contributed by atoms with Crippen molar-refractivity contribution in [3.05, 3.63) is 60.2 Å². The molecule has 0 saturated carbocycles. The summed E-state index contributed by atoms with van der Waals surface area (Å²) in [6, 6.07) is 8.08. The molecule has 0 spiro atoms. The second kappa shape index (κ2) is 17.7. The molecule has 2 aromatic rings. The zero-order chi connectivity index (χ0) is 37.1. The molecule has 4 rings (SSSR count). The second-order valence-electron chi connectivity index (χ2n) is 12.6. The molecule has 1 saturated heterocycles. The van der Waals surface area contributed by atoms with E-state index in [1.165, 1.54) is 4.90 Å². The number of urea groups is 1. The Bertz CT molecular complexity index is 1690. The minimum Gasteiger partial charge on any atom is -0.481 e. The predicted molar refractivity (Wildman–Crippen MR) is 183 cm³/mol. The van der Waals surface area contributed by atoms with Crippen LogP contribution in [0.1, 0.15) is 56.9 Å². The molecule has 2 heterocycles. The van der Waals surface area contributed by atoms with Gasteiger partial charge in [0.1, 0.15) is 18.1 Å². The zero-order valence-corrected chi connectivity index (χ0v) is 28.0. The van der Waals surface area contributed by atoms with E-state index < -0.39 is 78.0 Å². The van der Waals surface area contributed by atoms with Gasteiger partial charge in [-0.25, -0.2) is 4.79 Å². The number of carbonyl (C=O) groups excluding carboxylic acids is 7. The van der Waals surface area contributed by atoms with E-state index in [2.05, 4.69) is 16.0 Å². The minimum absolute atomic E-state index is 0.0290. The van der Waals surface area contributed by atoms with Gasteiger partial charge in [-0.3, -0.25) is 38.5 Å². The highest BCUT2D eigenvalue weighted by Crippen LogP contribution is 2.24. The number of carboxylic acids is 1. The predicted octanol–water partition coefficient (Wildman–Crippen LogP) is 0.215. The van der Waals surface area contributed by atoms with Crippen LogP contribution in [-0.2, 0) is 40.0 Å². The molecule has 8 N–H and O–H groups in total. The van der Waals surface area contributed by atoms with Crippen molar-refractivity contribution in [2.24, 2.45) is 11.5 Å². The van der Waals surface area contributed by atoms with Crippen LogP contribution in [0.15, 0.2) is 54.6 Å². The van der Waals surface area contributed by atoms with Gasteiger partial charge in [0.05, 0.1) is 0 Å². The van der Waals surface area contributed by atoms with Crippen molar-refractivity contribution < 1.29 is 43.5 Å². The van der Waals surface area contributed by atoms with Crippen molar-refractivity contribution in [3.8, 4) is 0 Å². The number of fused-ring (bicyclic) bond motifs is 1. The molecule has 0 aromatic heterocycles. The van der Waals surface area contributed by atoms with Gasteiger partial charge in [-0.15, -0.1) is 0 Å². The molecule has 272 valence electrons. The summed E-state index contributed by atoms with van der Waals surface area (Å²) in [5.74, 6) is -5.15. The number of carbonyl (C=O) groups is 8. The summed E-state index contributed by atoms with van der Waals surface area (Å²) in [4.78, 5) is 103. The maximum Gasteiger partial charge on any atom is 0.312 e. The lowest BCUT2D eigenvalue weighted by molar-refractivity contribution is -0.147. The Morgan fingerprint density at radius 2 is 1.59 bits per heavy atom. The lowest BCUT2D eigenvalue weighted by atomic mass is 9.97. The number of benzene rings is 2. The summed E-state index contributed by atoms with van der Waals surface area (Å²) >= 11 is 0. The second-order valence-corrected chi connectivity index (χ2v) is 12.6. The fraction of sp³-hybridized carbons (Fsp3) is 0.429. The average Bonchev–Trinajstić information content (AvgIpc) is 3.43. The molecule has 51 heavy (non-hydrogen) atoms. The van der Waals surface area contributed by atoms with Crippen LogP contribution in [0.5, 0.6) is 0 Å². The first kappa shape index (κ1) is 38.0. The maximum absolute atomic E-state index is 14.0. The van der Waals surface area contributed by atoms with E-state index in [0.29, 0.717) is 18.4 Å². The van der Waals surface area contributed by atoms with Gasteiger partial charge >= 0.3 is 12.0 Å². The van der Waals surface area contributed by atoms with Crippen molar-refractivity contribution >= 4 is 58.2 Å². The van der Waals surface area contributed by atoms with Gasteiger partial charge in [0.25, 0.3) is 11.8 Å². The van der Waals surface area contributed by atoms with Crippen LogP contribution in [-0.4, -0.2) is 99.6 Å². The van der Waals surface area contributed by atoms with E-state index in [4.69, 9.17) is 11.5 Å². The van der Waals surface area contributed by atoms with Gasteiger partial charge in [0.2, 0.25) is 23.6 Å². The van der Waals surface area contributed by atoms with E-state index in [9.17, 15) is 43.5 Å². The van der Waals surface area contributed by atoms with Gasteiger partial charge in [0, 0.05) is 50.5 Å². The molecule has 0 radical (unpaired) electrons. The van der Waals surface area contributed by atoms with Crippen LogP contribution < -0.4 is 27.4 Å². The monoisotopic (exact) mass is 705 g/mol. The third-order valence-electron chi connectivity index (χ3n) is 8.95. The third kappa shape index (κ3) is 10.6. The Morgan fingerprint density at radius 1 is 0.882 bits per heavy atom. The normalized spacial score (nSPS) is 17.5. The molecule has 0 bridgehead atoms. The summed E-state index contributed by atoms with van der Waals surface area (Å²) in [6.45, 7) is 0.332. The average molecular weight is 706 g/mol. The van der Waals surface area contributed by atoms with Crippen molar-refractivity contribution in [1.82, 2.24) is 25.8 Å². The van der Waals surface area contributed by atoms with Crippen LogP contribution in [0.3, 0.4) is 0 Å². The minimum atomic E-state index is -1.20. The number of amides is 8. The molecule has 2 aromatic carbocycles. The Kier molecular flexibility index (Phi) is 13.2. The van der Waals surface area contributed by atoms with Crippen molar-refractivity contribution in [2.75, 3.05) is 13.1 Å². The lowest BCUT2D eigenvalue weighted by Crippen LogP contribution is -2.59. The molecule has 0 aliphatic carbocycles. The highest BCUT2D eigenvalue weighted by molar-refractivity contribution is 6.13. The quantitative estimate of drug-likeness (QED) is 0.0971. The summed E-state index contributed by atoms with van der Waals surface area (Å²) < 4.78 is 0. The SMILES string of the molecule is NC(=O)NCCCC(NC(=O)C(Cc1ccc2ccccc2c1)NC(=O)[C@@H]1CCCCN1C(=O)CC(CCC(=O)O)N1C(=O)C=CC1=O)C(N)=O. The smallest absolute Gasteiger partial charge is 0.312 e. The van der Waals surface area contributed by atoms with Crippen LogP contribution in [0.2, 0.25) is 0 Å². The fourth-order valence-corrected chi connectivity index (χ4v) is 6.36. The molecular weight excluding hydrogens is 662 g/mol. The van der Waals surface area contributed by atoms with E-state index in [-0.39, 0.29) is 51.6 Å². The zero-order valence-electron chi connectivity index (χ0n) is 28.0. The van der Waals surface area contributed by atoms with Crippen LogP contribution in [0.25, 0.3) is 10.8 Å². The van der Waals surface area contributed by atoms with Gasteiger partial charge in [-0.05, 0) is 54.9 Å². The standard InChI is InChI=1S/C35H43N7O9/c36-32(48)25(8-5-16-38-35(37)51)39-33(49)26(19-21-10-11-22-6-1-2-7-23(22)18-21)40-34(50)27-9-3-4-17-41(27)30(45)20-24(12-15-31(46)47)42-28(43)13-14-29(42)44/h1-2,6-7,10-11,13-14,18,24-27H,3-5,8-9,12,15-17,19-20H2,(H2,36,48)(H,39,49)(H,40,50)(H,46,47)(H3,37,38,51)/t24?,25?,26?,27-/m0/s1. The van der Waals surface area contributed by atoms with Crippen molar-refractivity contribution in [3.63, 3.8) is 0 Å². The first-order valence-electron chi connectivity index (χ1n) is 16.8. The molecule has 4 atom stereocenters. The molecule has 8 amide bonds. The van der Waals surface area contributed by atoms with Crippen molar-refractivity contribution in [2.45, 2.75) is 82.0 Å².